The maximum absolute atomic E-state index is 5.12. The lowest BCUT2D eigenvalue weighted by molar-refractivity contribution is 0.928. The highest BCUT2D eigenvalue weighted by molar-refractivity contribution is 5.79. The number of hydrogen-bond acceptors (Lipinski definition) is 10. The summed E-state index contributed by atoms with van der Waals surface area (Å²) in [4.78, 5) is 48.4. The second kappa shape index (κ2) is 15.0. The van der Waals surface area contributed by atoms with E-state index in [0.29, 0.717) is 52.4 Å². The predicted octanol–water partition coefficient (Wildman–Crippen LogP) is 9.59. The van der Waals surface area contributed by atoms with E-state index in [1.165, 1.54) is 0 Å². The van der Waals surface area contributed by atoms with Crippen LogP contribution >= 0.6 is 0 Å². The first-order valence-electron chi connectivity index (χ1n) is 18.1. The van der Waals surface area contributed by atoms with Gasteiger partial charge in [0.25, 0.3) is 0 Å². The molecular weight excluding hydrogens is 693 g/mol. The number of rotatable bonds is 8. The fourth-order valence-electron chi connectivity index (χ4n) is 6.40. The number of aryl methyl sites for hydroxylation is 2. The van der Waals surface area contributed by atoms with Crippen LogP contribution in [0, 0.1) is 13.8 Å². The number of pyridine rings is 1. The molecule has 0 radical (unpaired) electrons. The maximum Gasteiger partial charge on any atom is 0.164 e. The zero-order chi connectivity index (χ0) is 37.8. The van der Waals surface area contributed by atoms with Gasteiger partial charge in [-0.25, -0.2) is 44.9 Å². The lowest BCUT2D eigenvalue weighted by Crippen LogP contribution is -2.03. The molecule has 5 aromatic carbocycles. The Morgan fingerprint density at radius 3 is 1.04 bits per heavy atom. The third-order valence-electron chi connectivity index (χ3n) is 9.01. The molecule has 0 aliphatic rings. The summed E-state index contributed by atoms with van der Waals surface area (Å²) in [5.74, 6) is 5.04. The van der Waals surface area contributed by atoms with Gasteiger partial charge in [-0.1, -0.05) is 115 Å². The molecule has 10 heteroatoms. The largest absolute Gasteiger partial charge is 0.256 e. The molecule has 0 atom stereocenters. The molecule has 4 heterocycles. The molecule has 0 fully saturated rings. The van der Waals surface area contributed by atoms with Crippen molar-refractivity contribution in [2.75, 3.05) is 0 Å². The van der Waals surface area contributed by atoms with Crippen LogP contribution in [-0.2, 0) is 0 Å². The summed E-state index contributed by atoms with van der Waals surface area (Å²) in [7, 11) is 0. The summed E-state index contributed by atoms with van der Waals surface area (Å²) in [5, 5.41) is 0. The SMILES string of the molecule is Cc1nc(C)nc(-c2cccc(-c3nc(-c4ccccc4)nc(-c4cc(-c5ccccn5)cc(-c5nc(-c6ccccc6)nc(-c6ccccc6)n5)c4)n3)c2)n1. The molecule has 0 saturated heterocycles. The zero-order valence-corrected chi connectivity index (χ0v) is 30.5. The highest BCUT2D eigenvalue weighted by Crippen LogP contribution is 2.34. The van der Waals surface area contributed by atoms with Crippen LogP contribution in [0.15, 0.2) is 158 Å². The average molecular weight is 725 g/mol. The second-order valence-electron chi connectivity index (χ2n) is 13.1. The third-order valence-corrected chi connectivity index (χ3v) is 9.01. The van der Waals surface area contributed by atoms with Gasteiger partial charge in [-0.15, -0.1) is 0 Å². The van der Waals surface area contributed by atoms with E-state index in [-0.39, 0.29) is 0 Å². The van der Waals surface area contributed by atoms with Gasteiger partial charge >= 0.3 is 0 Å². The van der Waals surface area contributed by atoms with Gasteiger partial charge in [0.05, 0.1) is 5.69 Å². The third kappa shape index (κ3) is 7.27. The molecule has 9 aromatic rings. The van der Waals surface area contributed by atoms with Crippen molar-refractivity contribution in [1.29, 1.82) is 0 Å². The summed E-state index contributed by atoms with van der Waals surface area (Å²) in [6.07, 6.45) is 1.78. The van der Waals surface area contributed by atoms with Crippen molar-refractivity contribution < 1.29 is 0 Å². The van der Waals surface area contributed by atoms with Gasteiger partial charge in [0.2, 0.25) is 0 Å². The van der Waals surface area contributed by atoms with Gasteiger partial charge in [0.1, 0.15) is 11.6 Å². The summed E-state index contributed by atoms with van der Waals surface area (Å²) in [6.45, 7) is 3.73. The van der Waals surface area contributed by atoms with Crippen molar-refractivity contribution in [2.24, 2.45) is 0 Å². The number of nitrogens with zero attached hydrogens (tertiary/aromatic N) is 10. The van der Waals surface area contributed by atoms with Crippen molar-refractivity contribution >= 4 is 0 Å². The Balaban J connectivity index is 1.25. The lowest BCUT2D eigenvalue weighted by Gasteiger charge is -2.13. The van der Waals surface area contributed by atoms with Crippen LogP contribution < -0.4 is 0 Å². The van der Waals surface area contributed by atoms with Crippen LogP contribution in [0.4, 0.5) is 0 Å². The Kier molecular flexibility index (Phi) is 9.10. The number of benzene rings is 5. The molecule has 266 valence electrons. The summed E-state index contributed by atoms with van der Waals surface area (Å²) >= 11 is 0. The second-order valence-corrected chi connectivity index (χ2v) is 13.1. The maximum atomic E-state index is 5.12. The van der Waals surface area contributed by atoms with Crippen molar-refractivity contribution in [3.05, 3.63) is 170 Å². The molecule has 9 rings (SSSR count). The molecule has 0 aliphatic carbocycles. The Morgan fingerprint density at radius 1 is 0.268 bits per heavy atom. The van der Waals surface area contributed by atoms with Crippen LogP contribution in [-0.4, -0.2) is 49.8 Å². The minimum absolute atomic E-state index is 0.478. The topological polar surface area (TPSA) is 129 Å². The Labute approximate surface area is 323 Å². The minimum Gasteiger partial charge on any atom is -0.256 e. The molecule has 0 unspecified atom stereocenters. The average Bonchev–Trinajstić information content (AvgIpc) is 3.27. The van der Waals surface area contributed by atoms with Crippen molar-refractivity contribution in [3.8, 4) is 91.0 Å². The van der Waals surface area contributed by atoms with E-state index in [4.69, 9.17) is 34.9 Å². The van der Waals surface area contributed by atoms with Crippen LogP contribution in [0.2, 0.25) is 0 Å². The molecule has 0 saturated carbocycles. The van der Waals surface area contributed by atoms with E-state index in [0.717, 1.165) is 50.2 Å². The quantitative estimate of drug-likeness (QED) is 0.149. The number of hydrogen-bond donors (Lipinski definition) is 0. The van der Waals surface area contributed by atoms with Gasteiger partial charge in [0.15, 0.2) is 40.8 Å². The molecule has 4 aromatic heterocycles. The lowest BCUT2D eigenvalue weighted by atomic mass is 10.0. The standard InChI is InChI=1S/C46H32N10/c1-29-48-30(2)50-43(49-29)34-21-14-22-35(25-34)44-52-42(33-19-10-5-11-20-33)55-46(56-44)38-27-36(39-23-12-13-24-47-39)26-37(28-38)45-53-40(31-15-6-3-7-16-31)51-41(54-45)32-17-8-4-9-18-32/h3-28H,1-2H3. The molecule has 0 bridgehead atoms. The van der Waals surface area contributed by atoms with Gasteiger partial charge in [-0.05, 0) is 50.2 Å². The fraction of sp³-hybridized carbons (Fsp3) is 0.0435. The Morgan fingerprint density at radius 2 is 0.607 bits per heavy atom. The first kappa shape index (κ1) is 34.1. The first-order chi connectivity index (χ1) is 27.5. The van der Waals surface area contributed by atoms with Gasteiger partial charge < -0.3 is 0 Å². The van der Waals surface area contributed by atoms with Crippen LogP contribution in [0.1, 0.15) is 11.6 Å². The normalized spacial score (nSPS) is 11.0. The van der Waals surface area contributed by atoms with E-state index >= 15 is 0 Å². The van der Waals surface area contributed by atoms with Crippen LogP contribution in [0.3, 0.4) is 0 Å². The van der Waals surface area contributed by atoms with Crippen molar-refractivity contribution in [3.63, 3.8) is 0 Å². The molecule has 0 amide bonds. The summed E-state index contributed by atoms with van der Waals surface area (Å²) in [6, 6.07) is 49.6. The monoisotopic (exact) mass is 724 g/mol. The smallest absolute Gasteiger partial charge is 0.164 e. The summed E-state index contributed by atoms with van der Waals surface area (Å²) in [5.41, 5.74) is 7.38. The zero-order valence-electron chi connectivity index (χ0n) is 30.5. The fourth-order valence-corrected chi connectivity index (χ4v) is 6.40. The molecule has 0 aliphatic heterocycles. The van der Waals surface area contributed by atoms with Gasteiger partial charge in [0, 0.05) is 50.7 Å². The number of aromatic nitrogens is 10. The van der Waals surface area contributed by atoms with Gasteiger partial charge in [-0.3, -0.25) is 4.98 Å². The molecule has 56 heavy (non-hydrogen) atoms. The Bertz CT molecular complexity index is 2740. The molecule has 0 spiro atoms. The van der Waals surface area contributed by atoms with Gasteiger partial charge in [-0.2, -0.15) is 0 Å². The predicted molar refractivity (Wildman–Crippen MR) is 217 cm³/mol. The first-order valence-corrected chi connectivity index (χ1v) is 18.1. The highest BCUT2D eigenvalue weighted by atomic mass is 15.1. The van der Waals surface area contributed by atoms with E-state index in [2.05, 4.69) is 15.0 Å². The van der Waals surface area contributed by atoms with Crippen LogP contribution in [0.25, 0.3) is 91.0 Å². The van der Waals surface area contributed by atoms with Crippen molar-refractivity contribution in [1.82, 2.24) is 49.8 Å². The van der Waals surface area contributed by atoms with E-state index in [1.807, 2.05) is 166 Å². The molecule has 10 nitrogen and oxygen atoms in total. The molecule has 0 N–H and O–H groups in total. The van der Waals surface area contributed by atoms with Crippen molar-refractivity contribution in [2.45, 2.75) is 13.8 Å². The van der Waals surface area contributed by atoms with E-state index < -0.39 is 0 Å². The Hall–Kier alpha value is -7.72. The minimum atomic E-state index is 0.478. The summed E-state index contributed by atoms with van der Waals surface area (Å²) < 4.78 is 0. The van der Waals surface area contributed by atoms with E-state index in [1.54, 1.807) is 6.20 Å². The van der Waals surface area contributed by atoms with E-state index in [9.17, 15) is 0 Å². The molecular formula is C46H32N10. The van der Waals surface area contributed by atoms with Crippen LogP contribution in [0.5, 0.6) is 0 Å². The highest BCUT2D eigenvalue weighted by Gasteiger charge is 2.18.